The van der Waals surface area contributed by atoms with E-state index in [-0.39, 0.29) is 11.4 Å². The molecule has 1 amide bonds. The van der Waals surface area contributed by atoms with Crippen LogP contribution in [0.1, 0.15) is 34.1 Å². The van der Waals surface area contributed by atoms with Gasteiger partial charge < -0.3 is 11.1 Å². The first-order valence-electron chi connectivity index (χ1n) is 5.57. The average molecular weight is 243 g/mol. The number of carbonyl (C=O) groups is 1. The number of amidine groups is 1. The quantitative estimate of drug-likeness (QED) is 0.786. The Hall–Kier alpha value is -0.710. The molecule has 0 bridgehead atoms. The molecule has 1 aliphatic heterocycles. The van der Waals surface area contributed by atoms with E-state index in [1.54, 1.807) is 11.8 Å². The van der Waals surface area contributed by atoms with Crippen molar-refractivity contribution in [1.82, 2.24) is 5.32 Å². The number of nitrogens with one attached hydrogen (secondary N) is 1. The largest absolute Gasteiger partial charge is 0.370 e. The average Bonchev–Trinajstić information content (AvgIpc) is 2.08. The molecule has 0 aromatic carbocycles. The lowest BCUT2D eigenvalue weighted by Gasteiger charge is -2.30. The third kappa shape index (κ3) is 4.04. The topological polar surface area (TPSA) is 67.5 Å². The highest BCUT2D eigenvalue weighted by atomic mass is 32.2. The second kappa shape index (κ2) is 5.08. The van der Waals surface area contributed by atoms with Gasteiger partial charge in [-0.2, -0.15) is 0 Å². The highest BCUT2D eigenvalue weighted by Crippen LogP contribution is 2.23. The molecule has 0 saturated heterocycles. The van der Waals surface area contributed by atoms with Gasteiger partial charge in [0.1, 0.15) is 0 Å². The van der Waals surface area contributed by atoms with Gasteiger partial charge in [0.2, 0.25) is 5.91 Å². The molecule has 92 valence electrons. The van der Waals surface area contributed by atoms with E-state index < -0.39 is 0 Å². The molecular formula is C11H21N3OS. The Morgan fingerprint density at radius 2 is 2.25 bits per heavy atom. The van der Waals surface area contributed by atoms with Crippen molar-refractivity contribution in [3.8, 4) is 0 Å². The van der Waals surface area contributed by atoms with Crippen molar-refractivity contribution in [2.45, 2.75) is 45.7 Å². The van der Waals surface area contributed by atoms with Crippen molar-refractivity contribution in [3.05, 3.63) is 0 Å². The number of nitrogens with zero attached hydrogens (tertiary/aromatic N) is 1. The number of thioether (sulfide) groups is 1. The molecule has 0 aromatic heterocycles. The van der Waals surface area contributed by atoms with Crippen molar-refractivity contribution in [2.24, 2.45) is 16.6 Å². The van der Waals surface area contributed by atoms with Gasteiger partial charge in [-0.05, 0) is 26.7 Å². The van der Waals surface area contributed by atoms with Crippen LogP contribution < -0.4 is 11.1 Å². The minimum atomic E-state index is -0.321. The Morgan fingerprint density at radius 1 is 1.62 bits per heavy atom. The Morgan fingerprint density at radius 3 is 2.75 bits per heavy atom. The molecule has 1 rings (SSSR count). The second-order valence-corrected chi connectivity index (χ2v) is 6.12. The lowest BCUT2D eigenvalue weighted by atomic mass is 10.0. The number of amides is 1. The van der Waals surface area contributed by atoms with Gasteiger partial charge in [-0.15, -0.1) is 0 Å². The molecule has 0 saturated carbocycles. The van der Waals surface area contributed by atoms with Crippen LogP contribution in [0.3, 0.4) is 0 Å². The zero-order chi connectivity index (χ0) is 12.3. The van der Waals surface area contributed by atoms with Crippen molar-refractivity contribution >= 4 is 22.8 Å². The van der Waals surface area contributed by atoms with Crippen LogP contribution in [0.4, 0.5) is 0 Å². The summed E-state index contributed by atoms with van der Waals surface area (Å²) in [6.45, 7) is 8.24. The summed E-state index contributed by atoms with van der Waals surface area (Å²) < 4.78 is 0. The first-order valence-corrected chi connectivity index (χ1v) is 6.56. The van der Waals surface area contributed by atoms with E-state index >= 15 is 0 Å². The van der Waals surface area contributed by atoms with Crippen LogP contribution in [-0.4, -0.2) is 28.4 Å². The summed E-state index contributed by atoms with van der Waals surface area (Å²) >= 11 is 1.72. The molecule has 0 spiro atoms. The van der Waals surface area contributed by atoms with Crippen LogP contribution in [0.25, 0.3) is 0 Å². The number of carbonyl (C=O) groups excluding carboxylic acids is 1. The normalized spacial score (nSPS) is 26.1. The number of hydrogen-bond acceptors (Lipinski definition) is 4. The maximum atomic E-state index is 10.9. The van der Waals surface area contributed by atoms with Crippen LogP contribution in [0.15, 0.2) is 4.99 Å². The Balaban J connectivity index is 2.60. The summed E-state index contributed by atoms with van der Waals surface area (Å²) in [4.78, 5) is 15.5. The number of hydrogen-bond donors (Lipinski definition) is 2. The first-order chi connectivity index (χ1) is 7.30. The van der Waals surface area contributed by atoms with Crippen LogP contribution in [-0.2, 0) is 4.79 Å². The van der Waals surface area contributed by atoms with E-state index in [0.29, 0.717) is 18.4 Å². The highest BCUT2D eigenvalue weighted by Gasteiger charge is 2.25. The molecular weight excluding hydrogens is 222 g/mol. The highest BCUT2D eigenvalue weighted by molar-refractivity contribution is 8.13. The molecule has 3 N–H and O–H groups in total. The summed E-state index contributed by atoms with van der Waals surface area (Å²) in [7, 11) is 0. The summed E-state index contributed by atoms with van der Waals surface area (Å²) in [5.41, 5.74) is 4.89. The van der Waals surface area contributed by atoms with E-state index in [1.807, 2.05) is 13.8 Å². The predicted molar refractivity (Wildman–Crippen MR) is 69.5 cm³/mol. The third-order valence-electron chi connectivity index (χ3n) is 2.69. The third-order valence-corrected chi connectivity index (χ3v) is 3.86. The molecule has 1 aliphatic rings. The van der Waals surface area contributed by atoms with E-state index in [1.165, 1.54) is 0 Å². The Bertz CT molecular complexity index is 302. The molecule has 0 fully saturated rings. The van der Waals surface area contributed by atoms with Gasteiger partial charge in [0, 0.05) is 17.7 Å². The maximum absolute atomic E-state index is 10.9. The van der Waals surface area contributed by atoms with E-state index in [4.69, 9.17) is 5.73 Å². The molecule has 1 heterocycles. The van der Waals surface area contributed by atoms with Gasteiger partial charge in [0.25, 0.3) is 0 Å². The van der Waals surface area contributed by atoms with Crippen molar-refractivity contribution in [1.29, 1.82) is 0 Å². The van der Waals surface area contributed by atoms with Gasteiger partial charge in [0.05, 0.1) is 6.04 Å². The van der Waals surface area contributed by atoms with Crippen molar-refractivity contribution in [3.63, 3.8) is 0 Å². The second-order valence-electron chi connectivity index (χ2n) is 5.12. The molecule has 4 nitrogen and oxygen atoms in total. The maximum Gasteiger partial charge on any atom is 0.219 e. The molecule has 0 aromatic rings. The van der Waals surface area contributed by atoms with Gasteiger partial charge >= 0.3 is 0 Å². The van der Waals surface area contributed by atoms with Gasteiger partial charge in [-0.3, -0.25) is 9.79 Å². The van der Waals surface area contributed by atoms with Crippen LogP contribution in [0.5, 0.6) is 0 Å². The molecule has 5 heteroatoms. The zero-order valence-corrected chi connectivity index (χ0v) is 11.2. The summed E-state index contributed by atoms with van der Waals surface area (Å²) in [6, 6.07) is 0.341. The number of rotatable bonds is 3. The molecule has 0 aliphatic carbocycles. The minimum Gasteiger partial charge on any atom is -0.370 e. The molecule has 16 heavy (non-hydrogen) atoms. The van der Waals surface area contributed by atoms with Crippen molar-refractivity contribution in [2.75, 3.05) is 5.75 Å². The zero-order valence-electron chi connectivity index (χ0n) is 10.4. The number of primary amides is 1. The standard InChI is InChI=1S/C11H21N3OS/c1-7-6-16-10(13-8(7)2)14-11(3,4)5-9(12)15/h7-8H,5-6H2,1-4H3,(H2,12,15)(H,13,14). The van der Waals surface area contributed by atoms with Gasteiger partial charge in [-0.1, -0.05) is 18.7 Å². The lowest BCUT2D eigenvalue weighted by molar-refractivity contribution is -0.119. The summed E-state index contributed by atoms with van der Waals surface area (Å²) in [6.07, 6.45) is 0.316. The van der Waals surface area contributed by atoms with Crippen LogP contribution >= 0.6 is 11.8 Å². The molecule has 2 atom stereocenters. The number of nitrogens with two attached hydrogens (primary N) is 1. The van der Waals surface area contributed by atoms with Crippen molar-refractivity contribution < 1.29 is 4.79 Å². The van der Waals surface area contributed by atoms with Gasteiger partial charge in [-0.25, -0.2) is 0 Å². The molecule has 0 radical (unpaired) electrons. The lowest BCUT2D eigenvalue weighted by Crippen LogP contribution is -2.46. The summed E-state index contributed by atoms with van der Waals surface area (Å²) in [5.74, 6) is 1.38. The Kier molecular flexibility index (Phi) is 4.24. The minimum absolute atomic E-state index is 0.291. The van der Waals surface area contributed by atoms with E-state index in [9.17, 15) is 4.79 Å². The van der Waals surface area contributed by atoms with Crippen LogP contribution in [0.2, 0.25) is 0 Å². The monoisotopic (exact) mass is 243 g/mol. The fourth-order valence-corrected chi connectivity index (χ4v) is 2.83. The van der Waals surface area contributed by atoms with E-state index in [0.717, 1.165) is 10.9 Å². The fraction of sp³-hybridized carbons (Fsp3) is 0.818. The first kappa shape index (κ1) is 13.4. The SMILES string of the molecule is CC1CSC(NC(C)(C)CC(N)=O)=NC1C. The smallest absolute Gasteiger partial charge is 0.219 e. The summed E-state index contributed by atoms with van der Waals surface area (Å²) in [5, 5.41) is 4.22. The van der Waals surface area contributed by atoms with E-state index in [2.05, 4.69) is 24.2 Å². The fourth-order valence-electron chi connectivity index (χ4n) is 1.54. The van der Waals surface area contributed by atoms with Gasteiger partial charge in [0.15, 0.2) is 5.17 Å². The Labute approximate surface area is 101 Å². The predicted octanol–water partition coefficient (Wildman–Crippen LogP) is 1.36. The molecule has 2 unspecified atom stereocenters. The van der Waals surface area contributed by atoms with Crippen LogP contribution in [0, 0.1) is 5.92 Å². The number of aliphatic imine (C=N–C) groups is 1.